The highest BCUT2D eigenvalue weighted by atomic mass is 15.0. The smallest absolute Gasteiger partial charge is 0.0514 e. The van der Waals surface area contributed by atoms with Crippen molar-refractivity contribution in [3.63, 3.8) is 0 Å². The second-order valence-electron chi connectivity index (χ2n) is 1.79. The Balaban J connectivity index is 2.40. The van der Waals surface area contributed by atoms with Crippen molar-refractivity contribution in [2.45, 2.75) is 6.92 Å². The maximum atomic E-state index is 4.18. The molecule has 1 aliphatic heterocycles. The van der Waals surface area contributed by atoms with Gasteiger partial charge in [-0.05, 0) is 6.92 Å². The van der Waals surface area contributed by atoms with Crippen molar-refractivity contribution in [2.75, 3.05) is 19.6 Å². The van der Waals surface area contributed by atoms with Gasteiger partial charge in [-0.1, -0.05) is 0 Å². The molecule has 0 atom stereocenters. The van der Waals surface area contributed by atoms with Gasteiger partial charge in [-0.15, -0.1) is 0 Å². The minimum atomic E-state index is 0.964. The van der Waals surface area contributed by atoms with Crippen molar-refractivity contribution in [3.05, 3.63) is 0 Å². The minimum absolute atomic E-state index is 0.964. The Hall–Kier alpha value is -0.370. The van der Waals surface area contributed by atoms with E-state index < -0.39 is 0 Å². The Morgan fingerprint density at radius 1 is 1.71 bits per heavy atom. The van der Waals surface area contributed by atoms with Crippen LogP contribution in [0.1, 0.15) is 6.92 Å². The molecule has 0 aromatic heterocycles. The fourth-order valence-corrected chi connectivity index (χ4v) is 0.651. The van der Waals surface area contributed by atoms with Crippen LogP contribution in [0.15, 0.2) is 4.99 Å². The summed E-state index contributed by atoms with van der Waals surface area (Å²) >= 11 is 0. The molecule has 2 nitrogen and oxygen atoms in total. The summed E-state index contributed by atoms with van der Waals surface area (Å²) in [5.41, 5.74) is 1.23. The molecule has 0 aromatic carbocycles. The van der Waals surface area contributed by atoms with Crippen molar-refractivity contribution in [3.8, 4) is 0 Å². The number of aliphatic imine (C=N–C) groups is 1. The number of hydrogen-bond acceptors (Lipinski definition) is 2. The van der Waals surface area contributed by atoms with E-state index in [1.54, 1.807) is 0 Å². The number of nitrogens with one attached hydrogen (secondary N) is 1. The molecule has 0 radical (unpaired) electrons. The van der Waals surface area contributed by atoms with Gasteiger partial charge >= 0.3 is 0 Å². The van der Waals surface area contributed by atoms with Crippen LogP contribution < -0.4 is 5.32 Å². The minimum Gasteiger partial charge on any atom is -0.310 e. The quantitative estimate of drug-likeness (QED) is 0.455. The highest BCUT2D eigenvalue weighted by Gasteiger charge is 1.94. The number of hydrogen-bond donors (Lipinski definition) is 1. The molecule has 2 heteroatoms. The fraction of sp³-hybridized carbons (Fsp3) is 0.800. The lowest BCUT2D eigenvalue weighted by atomic mass is 10.3. The molecule has 1 rings (SSSR count). The third-order valence-electron chi connectivity index (χ3n) is 1.05. The van der Waals surface area contributed by atoms with Gasteiger partial charge in [0.25, 0.3) is 0 Å². The average molecular weight is 98.1 g/mol. The van der Waals surface area contributed by atoms with E-state index >= 15 is 0 Å². The van der Waals surface area contributed by atoms with Gasteiger partial charge in [0.15, 0.2) is 0 Å². The standard InChI is InChI=1S/C5H10N2/c1-5-4-6-2-3-7-5/h6H,2-4H2,1H3. The molecule has 0 fully saturated rings. The second-order valence-corrected chi connectivity index (χ2v) is 1.79. The third kappa shape index (κ3) is 1.27. The molecule has 0 aromatic rings. The first-order chi connectivity index (χ1) is 3.39. The van der Waals surface area contributed by atoms with E-state index in [9.17, 15) is 0 Å². The zero-order chi connectivity index (χ0) is 5.11. The van der Waals surface area contributed by atoms with Crippen LogP contribution >= 0.6 is 0 Å². The van der Waals surface area contributed by atoms with Crippen LogP contribution in [0.3, 0.4) is 0 Å². The van der Waals surface area contributed by atoms with E-state index in [1.807, 2.05) is 6.92 Å². The first-order valence-corrected chi connectivity index (χ1v) is 2.60. The molecule has 0 amide bonds. The summed E-state index contributed by atoms with van der Waals surface area (Å²) in [5, 5.41) is 3.20. The van der Waals surface area contributed by atoms with Gasteiger partial charge < -0.3 is 5.32 Å². The van der Waals surface area contributed by atoms with Gasteiger partial charge in [-0.2, -0.15) is 0 Å². The van der Waals surface area contributed by atoms with E-state index in [0.717, 1.165) is 19.6 Å². The topological polar surface area (TPSA) is 24.4 Å². The van der Waals surface area contributed by atoms with E-state index in [2.05, 4.69) is 10.3 Å². The lowest BCUT2D eigenvalue weighted by Crippen LogP contribution is -2.28. The van der Waals surface area contributed by atoms with Crippen LogP contribution in [0, 0.1) is 0 Å². The van der Waals surface area contributed by atoms with Crippen LogP contribution in [0.25, 0.3) is 0 Å². The van der Waals surface area contributed by atoms with Crippen molar-refractivity contribution >= 4 is 5.71 Å². The normalized spacial score (nSPS) is 21.6. The van der Waals surface area contributed by atoms with E-state index in [-0.39, 0.29) is 0 Å². The molecule has 1 heterocycles. The lowest BCUT2D eigenvalue weighted by molar-refractivity contribution is 0.734. The Kier molecular flexibility index (Phi) is 1.42. The molecule has 0 unspecified atom stereocenters. The monoisotopic (exact) mass is 98.1 g/mol. The van der Waals surface area contributed by atoms with E-state index in [0.29, 0.717) is 0 Å². The molecule has 7 heavy (non-hydrogen) atoms. The van der Waals surface area contributed by atoms with Gasteiger partial charge in [0.05, 0.1) is 6.54 Å². The van der Waals surface area contributed by atoms with Crippen molar-refractivity contribution in [1.82, 2.24) is 5.32 Å². The fourth-order valence-electron chi connectivity index (χ4n) is 0.651. The third-order valence-corrected chi connectivity index (χ3v) is 1.05. The van der Waals surface area contributed by atoms with Gasteiger partial charge in [0.2, 0.25) is 0 Å². The molecule has 0 spiro atoms. The summed E-state index contributed by atoms with van der Waals surface area (Å²) in [6, 6.07) is 0. The molecular formula is C5H10N2. The first-order valence-electron chi connectivity index (χ1n) is 2.60. The van der Waals surface area contributed by atoms with E-state index in [4.69, 9.17) is 0 Å². The van der Waals surface area contributed by atoms with Crippen LogP contribution in [0.2, 0.25) is 0 Å². The highest BCUT2D eigenvalue weighted by Crippen LogP contribution is 1.80. The molecule has 0 bridgehead atoms. The zero-order valence-corrected chi connectivity index (χ0v) is 4.57. The molecule has 1 N–H and O–H groups in total. The van der Waals surface area contributed by atoms with Crippen molar-refractivity contribution in [2.24, 2.45) is 4.99 Å². The summed E-state index contributed by atoms with van der Waals surface area (Å²) in [7, 11) is 0. The Morgan fingerprint density at radius 3 is 2.86 bits per heavy atom. The Bertz CT molecular complexity index is 86.1. The second kappa shape index (κ2) is 2.07. The van der Waals surface area contributed by atoms with E-state index in [1.165, 1.54) is 5.71 Å². The zero-order valence-electron chi connectivity index (χ0n) is 4.57. The van der Waals surface area contributed by atoms with Gasteiger partial charge in [-0.25, -0.2) is 0 Å². The predicted molar refractivity (Wildman–Crippen MR) is 30.8 cm³/mol. The largest absolute Gasteiger partial charge is 0.310 e. The van der Waals surface area contributed by atoms with Gasteiger partial charge in [-0.3, -0.25) is 4.99 Å². The summed E-state index contributed by atoms with van der Waals surface area (Å²) in [6.45, 7) is 5.05. The van der Waals surface area contributed by atoms with Crippen molar-refractivity contribution < 1.29 is 0 Å². The van der Waals surface area contributed by atoms with Crippen LogP contribution in [-0.4, -0.2) is 25.3 Å². The van der Waals surface area contributed by atoms with Gasteiger partial charge in [0.1, 0.15) is 0 Å². The van der Waals surface area contributed by atoms with Gasteiger partial charge in [0, 0.05) is 18.8 Å². The molecule has 0 saturated heterocycles. The summed E-state index contributed by atoms with van der Waals surface area (Å²) in [4.78, 5) is 4.18. The maximum absolute atomic E-state index is 4.18. The predicted octanol–water partition coefficient (Wildman–Crippen LogP) is 0.0505. The maximum Gasteiger partial charge on any atom is 0.0514 e. The number of nitrogens with zero attached hydrogens (tertiary/aromatic N) is 1. The first kappa shape index (κ1) is 4.78. The lowest BCUT2D eigenvalue weighted by Gasteiger charge is -2.07. The summed E-state index contributed by atoms with van der Waals surface area (Å²) in [5.74, 6) is 0. The Labute approximate surface area is 43.6 Å². The summed E-state index contributed by atoms with van der Waals surface area (Å²) < 4.78 is 0. The van der Waals surface area contributed by atoms with Crippen molar-refractivity contribution in [1.29, 1.82) is 0 Å². The highest BCUT2D eigenvalue weighted by molar-refractivity contribution is 5.84. The average Bonchev–Trinajstić information content (AvgIpc) is 1.69. The van der Waals surface area contributed by atoms with Crippen LogP contribution in [-0.2, 0) is 0 Å². The van der Waals surface area contributed by atoms with Crippen LogP contribution in [0.5, 0.6) is 0 Å². The SMILES string of the molecule is CC1=NCCNC1. The molecular weight excluding hydrogens is 88.1 g/mol. The Morgan fingerprint density at radius 2 is 2.57 bits per heavy atom. The molecule has 40 valence electrons. The summed E-state index contributed by atoms with van der Waals surface area (Å²) in [6.07, 6.45) is 0. The molecule has 0 saturated carbocycles. The molecule has 1 aliphatic rings. The number of rotatable bonds is 0. The molecule has 0 aliphatic carbocycles. The van der Waals surface area contributed by atoms with Crippen LogP contribution in [0.4, 0.5) is 0 Å².